The smallest absolute Gasteiger partial charge is 0.410 e. The van der Waals surface area contributed by atoms with E-state index in [0.717, 1.165) is 24.2 Å². The number of amides is 1. The summed E-state index contributed by atoms with van der Waals surface area (Å²) in [5.41, 5.74) is 0.629. The molecular formula is C18H25NO3. The third-order valence-corrected chi connectivity index (χ3v) is 3.51. The summed E-state index contributed by atoms with van der Waals surface area (Å²) in [4.78, 5) is 13.8. The number of carbonyl (C=O) groups is 1. The molecule has 1 heterocycles. The summed E-state index contributed by atoms with van der Waals surface area (Å²) in [6.45, 7) is 10.7. The second-order valence-electron chi connectivity index (χ2n) is 6.56. The van der Waals surface area contributed by atoms with E-state index in [1.165, 1.54) is 0 Å². The van der Waals surface area contributed by atoms with Crippen molar-refractivity contribution in [2.45, 2.75) is 45.3 Å². The summed E-state index contributed by atoms with van der Waals surface area (Å²) in [6, 6.07) is 7.88. The minimum atomic E-state index is -0.447. The SMILES string of the molecule is C=Cc1ccc(OC2CCN(C(=O)OC(C)(C)C)CC2)cc1. The third kappa shape index (κ3) is 4.79. The summed E-state index contributed by atoms with van der Waals surface area (Å²) in [5, 5.41) is 0. The molecule has 1 aromatic carbocycles. The molecule has 0 N–H and O–H groups in total. The highest BCUT2D eigenvalue weighted by Gasteiger charge is 2.27. The monoisotopic (exact) mass is 303 g/mol. The lowest BCUT2D eigenvalue weighted by atomic mass is 10.1. The first-order valence-electron chi connectivity index (χ1n) is 7.74. The summed E-state index contributed by atoms with van der Waals surface area (Å²) in [7, 11) is 0. The van der Waals surface area contributed by atoms with Crippen LogP contribution in [-0.2, 0) is 4.74 Å². The van der Waals surface area contributed by atoms with Crippen LogP contribution in [0.4, 0.5) is 4.79 Å². The van der Waals surface area contributed by atoms with E-state index in [9.17, 15) is 4.79 Å². The number of rotatable bonds is 3. The Bertz CT molecular complexity index is 508. The Hall–Kier alpha value is -1.97. The fourth-order valence-corrected chi connectivity index (χ4v) is 2.36. The van der Waals surface area contributed by atoms with Gasteiger partial charge in [0.2, 0.25) is 0 Å². The fraction of sp³-hybridized carbons (Fsp3) is 0.500. The van der Waals surface area contributed by atoms with Crippen LogP contribution in [0.3, 0.4) is 0 Å². The van der Waals surface area contributed by atoms with Crippen molar-refractivity contribution in [1.29, 1.82) is 0 Å². The van der Waals surface area contributed by atoms with Crippen LogP contribution in [0.2, 0.25) is 0 Å². The minimum absolute atomic E-state index is 0.147. The maximum absolute atomic E-state index is 12.0. The Morgan fingerprint density at radius 2 is 1.82 bits per heavy atom. The predicted molar refractivity (Wildman–Crippen MR) is 88.0 cm³/mol. The summed E-state index contributed by atoms with van der Waals surface area (Å²) in [6.07, 6.45) is 3.36. The molecular weight excluding hydrogens is 278 g/mol. The van der Waals surface area contributed by atoms with Gasteiger partial charge in [0, 0.05) is 25.9 Å². The van der Waals surface area contributed by atoms with E-state index in [2.05, 4.69) is 6.58 Å². The molecule has 0 radical (unpaired) electrons. The Morgan fingerprint density at radius 3 is 2.32 bits per heavy atom. The topological polar surface area (TPSA) is 38.8 Å². The number of ether oxygens (including phenoxy) is 2. The fourth-order valence-electron chi connectivity index (χ4n) is 2.36. The van der Waals surface area contributed by atoms with Gasteiger partial charge in [0.1, 0.15) is 17.5 Å². The zero-order valence-corrected chi connectivity index (χ0v) is 13.7. The molecule has 0 aromatic heterocycles. The number of likely N-dealkylation sites (tertiary alicyclic amines) is 1. The number of piperidine rings is 1. The molecule has 2 rings (SSSR count). The maximum Gasteiger partial charge on any atom is 0.410 e. The molecule has 1 amide bonds. The Balaban J connectivity index is 1.81. The van der Waals surface area contributed by atoms with Crippen molar-refractivity contribution in [2.24, 2.45) is 0 Å². The highest BCUT2D eigenvalue weighted by atomic mass is 16.6. The summed E-state index contributed by atoms with van der Waals surface area (Å²) >= 11 is 0. The maximum atomic E-state index is 12.0. The number of hydrogen-bond acceptors (Lipinski definition) is 3. The molecule has 0 spiro atoms. The van der Waals surface area contributed by atoms with Crippen LogP contribution in [0.1, 0.15) is 39.2 Å². The highest BCUT2D eigenvalue weighted by Crippen LogP contribution is 2.21. The number of carbonyl (C=O) groups excluding carboxylic acids is 1. The van der Waals surface area contributed by atoms with Crippen LogP contribution in [-0.4, -0.2) is 35.8 Å². The normalized spacial score (nSPS) is 16.2. The molecule has 1 fully saturated rings. The van der Waals surface area contributed by atoms with Gasteiger partial charge in [0.05, 0.1) is 0 Å². The Morgan fingerprint density at radius 1 is 1.23 bits per heavy atom. The van der Waals surface area contributed by atoms with Gasteiger partial charge < -0.3 is 14.4 Å². The first-order valence-corrected chi connectivity index (χ1v) is 7.74. The molecule has 0 bridgehead atoms. The molecule has 1 saturated heterocycles. The second kappa shape index (κ2) is 6.86. The molecule has 0 aliphatic carbocycles. The lowest BCUT2D eigenvalue weighted by Gasteiger charge is -2.33. The molecule has 22 heavy (non-hydrogen) atoms. The molecule has 0 atom stereocenters. The zero-order chi connectivity index (χ0) is 16.2. The van der Waals surface area contributed by atoms with Crippen molar-refractivity contribution in [3.05, 3.63) is 36.4 Å². The second-order valence-corrected chi connectivity index (χ2v) is 6.56. The van der Waals surface area contributed by atoms with Crippen LogP contribution in [0.15, 0.2) is 30.8 Å². The first kappa shape index (κ1) is 16.4. The van der Waals surface area contributed by atoms with Gasteiger partial charge in [-0.2, -0.15) is 0 Å². The lowest BCUT2D eigenvalue weighted by molar-refractivity contribution is 0.0126. The molecule has 120 valence electrons. The third-order valence-electron chi connectivity index (χ3n) is 3.51. The van der Waals surface area contributed by atoms with Crippen molar-refractivity contribution in [1.82, 2.24) is 4.90 Å². The number of hydrogen-bond donors (Lipinski definition) is 0. The van der Waals surface area contributed by atoms with Crippen LogP contribution in [0, 0.1) is 0 Å². The van der Waals surface area contributed by atoms with E-state index in [1.807, 2.05) is 51.1 Å². The van der Waals surface area contributed by atoms with Crippen LogP contribution < -0.4 is 4.74 Å². The van der Waals surface area contributed by atoms with Crippen molar-refractivity contribution in [2.75, 3.05) is 13.1 Å². The quantitative estimate of drug-likeness (QED) is 0.843. The first-order chi connectivity index (χ1) is 10.4. The van der Waals surface area contributed by atoms with Gasteiger partial charge in [0.25, 0.3) is 0 Å². The highest BCUT2D eigenvalue weighted by molar-refractivity contribution is 5.68. The average Bonchev–Trinajstić information content (AvgIpc) is 2.47. The molecule has 1 aromatic rings. The van der Waals surface area contributed by atoms with Gasteiger partial charge in [-0.1, -0.05) is 24.8 Å². The van der Waals surface area contributed by atoms with Crippen molar-refractivity contribution >= 4 is 12.2 Å². The van der Waals surface area contributed by atoms with Crippen molar-refractivity contribution in [3.8, 4) is 5.75 Å². The molecule has 0 unspecified atom stereocenters. The van der Waals surface area contributed by atoms with E-state index in [1.54, 1.807) is 4.90 Å². The zero-order valence-electron chi connectivity index (χ0n) is 13.7. The van der Waals surface area contributed by atoms with Gasteiger partial charge in [-0.25, -0.2) is 4.79 Å². The van der Waals surface area contributed by atoms with Crippen molar-refractivity contribution in [3.63, 3.8) is 0 Å². The van der Waals surface area contributed by atoms with Gasteiger partial charge in [0.15, 0.2) is 0 Å². The number of nitrogens with zero attached hydrogens (tertiary/aromatic N) is 1. The molecule has 4 nitrogen and oxygen atoms in total. The average molecular weight is 303 g/mol. The van der Waals surface area contributed by atoms with E-state index in [-0.39, 0.29) is 12.2 Å². The van der Waals surface area contributed by atoms with E-state index < -0.39 is 5.60 Å². The standard InChI is InChI=1S/C18H25NO3/c1-5-14-6-8-15(9-7-14)21-16-10-12-19(13-11-16)17(20)22-18(2,3)4/h5-9,16H,1,10-13H2,2-4H3. The van der Waals surface area contributed by atoms with Gasteiger partial charge >= 0.3 is 6.09 Å². The molecule has 1 aliphatic heterocycles. The minimum Gasteiger partial charge on any atom is -0.490 e. The van der Waals surface area contributed by atoms with Gasteiger partial charge in [-0.05, 0) is 38.5 Å². The Labute approximate surface area is 132 Å². The van der Waals surface area contributed by atoms with E-state index in [4.69, 9.17) is 9.47 Å². The molecule has 4 heteroatoms. The molecule has 0 saturated carbocycles. The summed E-state index contributed by atoms with van der Waals surface area (Å²) < 4.78 is 11.4. The molecule has 1 aliphatic rings. The number of benzene rings is 1. The van der Waals surface area contributed by atoms with Crippen LogP contribution in [0.25, 0.3) is 6.08 Å². The lowest BCUT2D eigenvalue weighted by Crippen LogP contribution is -2.44. The van der Waals surface area contributed by atoms with E-state index >= 15 is 0 Å². The predicted octanol–water partition coefficient (Wildman–Crippen LogP) is 4.11. The van der Waals surface area contributed by atoms with E-state index in [0.29, 0.717) is 13.1 Å². The largest absolute Gasteiger partial charge is 0.490 e. The summed E-state index contributed by atoms with van der Waals surface area (Å²) in [5.74, 6) is 0.862. The van der Waals surface area contributed by atoms with Gasteiger partial charge in [-0.3, -0.25) is 0 Å². The van der Waals surface area contributed by atoms with Crippen molar-refractivity contribution < 1.29 is 14.3 Å². The van der Waals surface area contributed by atoms with Crippen LogP contribution >= 0.6 is 0 Å². The van der Waals surface area contributed by atoms with Crippen LogP contribution in [0.5, 0.6) is 5.75 Å². The van der Waals surface area contributed by atoms with Gasteiger partial charge in [-0.15, -0.1) is 0 Å². The Kier molecular flexibility index (Phi) is 5.11.